The van der Waals surface area contributed by atoms with Gasteiger partial charge in [0, 0.05) is 17.1 Å². The summed E-state index contributed by atoms with van der Waals surface area (Å²) in [5.74, 6) is 0. The maximum Gasteiger partial charge on any atom is 0.0681 e. The molecule has 5 aromatic rings. The highest BCUT2D eigenvalue weighted by atomic mass is 16.3. The highest BCUT2D eigenvalue weighted by Crippen LogP contribution is 2.36. The molecule has 0 unspecified atom stereocenters. The van der Waals surface area contributed by atoms with Crippen LogP contribution in [0.1, 0.15) is 16.7 Å². The topological polar surface area (TPSA) is 43.7 Å². The second-order valence-electron chi connectivity index (χ2n) is 8.97. The SMILES string of the molecule is Cc1ccc(N(c2ccc(-c3ccc(CO)cc3)cc2)c2ccc(-c3ccc(CO)cc3)cc2)cc1. The quantitative estimate of drug-likeness (QED) is 0.255. The maximum absolute atomic E-state index is 9.32. The first-order valence-electron chi connectivity index (χ1n) is 12.1. The van der Waals surface area contributed by atoms with Gasteiger partial charge in [-0.2, -0.15) is 0 Å². The van der Waals surface area contributed by atoms with Crippen molar-refractivity contribution in [2.24, 2.45) is 0 Å². The molecule has 0 aromatic heterocycles. The van der Waals surface area contributed by atoms with Crippen LogP contribution in [0.15, 0.2) is 121 Å². The summed E-state index contributed by atoms with van der Waals surface area (Å²) in [6.45, 7) is 2.21. The molecule has 5 aromatic carbocycles. The lowest BCUT2D eigenvalue weighted by molar-refractivity contribution is 0.281. The van der Waals surface area contributed by atoms with Crippen LogP contribution in [-0.4, -0.2) is 10.2 Å². The van der Waals surface area contributed by atoms with Crippen LogP contribution in [0, 0.1) is 6.92 Å². The Balaban J connectivity index is 1.48. The van der Waals surface area contributed by atoms with Crippen molar-refractivity contribution in [3.63, 3.8) is 0 Å². The molecule has 36 heavy (non-hydrogen) atoms. The lowest BCUT2D eigenvalue weighted by atomic mass is 10.0. The maximum atomic E-state index is 9.32. The van der Waals surface area contributed by atoms with E-state index in [0.717, 1.165) is 50.4 Å². The molecule has 0 aliphatic carbocycles. The summed E-state index contributed by atoms with van der Waals surface area (Å²) >= 11 is 0. The molecule has 0 fully saturated rings. The second-order valence-corrected chi connectivity index (χ2v) is 8.97. The minimum absolute atomic E-state index is 0.0531. The molecule has 0 saturated carbocycles. The third-order valence-corrected chi connectivity index (χ3v) is 6.48. The molecule has 178 valence electrons. The molecule has 0 radical (unpaired) electrons. The Bertz CT molecular complexity index is 1310. The lowest BCUT2D eigenvalue weighted by Crippen LogP contribution is -2.09. The van der Waals surface area contributed by atoms with E-state index in [1.807, 2.05) is 48.5 Å². The zero-order valence-electron chi connectivity index (χ0n) is 20.3. The van der Waals surface area contributed by atoms with Gasteiger partial charge < -0.3 is 15.1 Å². The van der Waals surface area contributed by atoms with Gasteiger partial charge in [-0.3, -0.25) is 0 Å². The van der Waals surface area contributed by atoms with Crippen LogP contribution in [0.25, 0.3) is 22.3 Å². The number of aryl methyl sites for hydroxylation is 1. The lowest BCUT2D eigenvalue weighted by Gasteiger charge is -2.26. The average molecular weight is 472 g/mol. The fraction of sp³-hybridized carbons (Fsp3) is 0.0909. The summed E-state index contributed by atoms with van der Waals surface area (Å²) in [6.07, 6.45) is 0. The average Bonchev–Trinajstić information content (AvgIpc) is 2.95. The Morgan fingerprint density at radius 2 is 0.694 bits per heavy atom. The minimum Gasteiger partial charge on any atom is -0.392 e. The van der Waals surface area contributed by atoms with E-state index in [1.165, 1.54) is 5.56 Å². The van der Waals surface area contributed by atoms with Crippen molar-refractivity contribution in [2.75, 3.05) is 4.90 Å². The number of anilines is 3. The normalized spacial score (nSPS) is 10.9. The molecule has 0 aliphatic rings. The standard InChI is InChI=1S/C33H29NO2/c1-24-2-16-31(17-3-24)34(32-18-12-29(13-19-32)27-8-4-25(22-35)5-9-27)33-20-14-30(15-21-33)28-10-6-26(23-36)7-11-28/h2-21,35-36H,22-23H2,1H3. The van der Waals surface area contributed by atoms with Crippen molar-refractivity contribution < 1.29 is 10.2 Å². The van der Waals surface area contributed by atoms with Gasteiger partial charge in [0.25, 0.3) is 0 Å². The van der Waals surface area contributed by atoms with E-state index in [4.69, 9.17) is 0 Å². The molecule has 0 amide bonds. The summed E-state index contributed by atoms with van der Waals surface area (Å²) in [5, 5.41) is 18.6. The molecular weight excluding hydrogens is 442 g/mol. The van der Waals surface area contributed by atoms with Gasteiger partial charge in [0.05, 0.1) is 13.2 Å². The summed E-state index contributed by atoms with van der Waals surface area (Å²) in [6, 6.07) is 41.8. The van der Waals surface area contributed by atoms with Crippen molar-refractivity contribution in [1.29, 1.82) is 0 Å². The molecule has 3 heteroatoms. The first kappa shape index (κ1) is 23.6. The Morgan fingerprint density at radius 1 is 0.417 bits per heavy atom. The summed E-state index contributed by atoms with van der Waals surface area (Å²) in [7, 11) is 0. The zero-order valence-corrected chi connectivity index (χ0v) is 20.3. The number of hydrogen-bond donors (Lipinski definition) is 2. The van der Waals surface area contributed by atoms with Gasteiger partial charge in [0.1, 0.15) is 0 Å². The number of hydrogen-bond acceptors (Lipinski definition) is 3. The highest BCUT2D eigenvalue weighted by Gasteiger charge is 2.13. The van der Waals surface area contributed by atoms with Crippen molar-refractivity contribution in [3.8, 4) is 22.3 Å². The second kappa shape index (κ2) is 10.6. The van der Waals surface area contributed by atoms with E-state index in [2.05, 4.69) is 84.6 Å². The van der Waals surface area contributed by atoms with Gasteiger partial charge in [-0.25, -0.2) is 0 Å². The minimum atomic E-state index is 0.0531. The first-order chi connectivity index (χ1) is 17.6. The predicted octanol–water partition coefficient (Wildman–Crippen LogP) is 7.78. The molecule has 5 rings (SSSR count). The van der Waals surface area contributed by atoms with Crippen LogP contribution < -0.4 is 4.90 Å². The van der Waals surface area contributed by atoms with E-state index in [1.54, 1.807) is 0 Å². The zero-order chi connectivity index (χ0) is 24.9. The highest BCUT2D eigenvalue weighted by molar-refractivity contribution is 5.79. The van der Waals surface area contributed by atoms with Crippen LogP contribution in [0.5, 0.6) is 0 Å². The number of aliphatic hydroxyl groups excluding tert-OH is 2. The fourth-order valence-corrected chi connectivity index (χ4v) is 4.35. The van der Waals surface area contributed by atoms with Gasteiger partial charge in [0.2, 0.25) is 0 Å². The molecule has 0 saturated heterocycles. The van der Waals surface area contributed by atoms with Crippen LogP contribution in [0.3, 0.4) is 0 Å². The molecule has 0 atom stereocenters. The molecule has 3 nitrogen and oxygen atoms in total. The molecule has 0 heterocycles. The van der Waals surface area contributed by atoms with Gasteiger partial charge >= 0.3 is 0 Å². The summed E-state index contributed by atoms with van der Waals surface area (Å²) in [5.41, 5.74) is 10.8. The van der Waals surface area contributed by atoms with Crippen molar-refractivity contribution in [2.45, 2.75) is 20.1 Å². The summed E-state index contributed by atoms with van der Waals surface area (Å²) < 4.78 is 0. The van der Waals surface area contributed by atoms with E-state index < -0.39 is 0 Å². The summed E-state index contributed by atoms with van der Waals surface area (Å²) in [4.78, 5) is 2.26. The van der Waals surface area contributed by atoms with Crippen LogP contribution in [0.2, 0.25) is 0 Å². The van der Waals surface area contributed by atoms with E-state index in [-0.39, 0.29) is 13.2 Å². The van der Waals surface area contributed by atoms with Crippen LogP contribution in [-0.2, 0) is 13.2 Å². The van der Waals surface area contributed by atoms with Crippen LogP contribution in [0.4, 0.5) is 17.1 Å². The van der Waals surface area contributed by atoms with Crippen molar-refractivity contribution in [3.05, 3.63) is 138 Å². The number of aliphatic hydroxyl groups is 2. The Hall–Kier alpha value is -4.18. The van der Waals surface area contributed by atoms with Gasteiger partial charge in [-0.1, -0.05) is 90.5 Å². The number of nitrogens with zero attached hydrogens (tertiary/aromatic N) is 1. The molecular formula is C33H29NO2. The van der Waals surface area contributed by atoms with E-state index in [9.17, 15) is 10.2 Å². The Morgan fingerprint density at radius 3 is 1.00 bits per heavy atom. The van der Waals surface area contributed by atoms with Gasteiger partial charge in [-0.05, 0) is 76.7 Å². The van der Waals surface area contributed by atoms with E-state index in [0.29, 0.717) is 0 Å². The predicted molar refractivity (Wildman–Crippen MR) is 149 cm³/mol. The molecule has 2 N–H and O–H groups in total. The number of benzene rings is 5. The van der Waals surface area contributed by atoms with Gasteiger partial charge in [0.15, 0.2) is 0 Å². The van der Waals surface area contributed by atoms with Crippen molar-refractivity contribution in [1.82, 2.24) is 0 Å². The fourth-order valence-electron chi connectivity index (χ4n) is 4.35. The Labute approximate surface area is 212 Å². The third-order valence-electron chi connectivity index (χ3n) is 6.48. The van der Waals surface area contributed by atoms with Crippen LogP contribution >= 0.6 is 0 Å². The van der Waals surface area contributed by atoms with E-state index >= 15 is 0 Å². The molecule has 0 aliphatic heterocycles. The van der Waals surface area contributed by atoms with Gasteiger partial charge in [-0.15, -0.1) is 0 Å². The molecule has 0 spiro atoms. The largest absolute Gasteiger partial charge is 0.392 e. The smallest absolute Gasteiger partial charge is 0.0681 e. The first-order valence-corrected chi connectivity index (χ1v) is 12.1. The molecule has 0 bridgehead atoms. The Kier molecular flexibility index (Phi) is 6.94. The number of rotatable bonds is 7. The third kappa shape index (κ3) is 5.08. The monoisotopic (exact) mass is 471 g/mol. The van der Waals surface area contributed by atoms with Crippen molar-refractivity contribution >= 4 is 17.1 Å².